The third-order valence-corrected chi connectivity index (χ3v) is 6.15. The number of nitrogens with zero attached hydrogens (tertiary/aromatic N) is 4. The van der Waals surface area contributed by atoms with Crippen molar-refractivity contribution in [2.24, 2.45) is 4.99 Å². The van der Waals surface area contributed by atoms with Crippen LogP contribution in [0.5, 0.6) is 0 Å². The second kappa shape index (κ2) is 10.2. The van der Waals surface area contributed by atoms with Crippen molar-refractivity contribution in [2.45, 2.75) is 63.6 Å². The number of hydrogen-bond acceptors (Lipinski definition) is 4. The molecule has 1 unspecified atom stereocenters. The molecule has 1 aromatic rings. The van der Waals surface area contributed by atoms with Gasteiger partial charge in [-0.15, -0.1) is 24.0 Å². The Hall–Kier alpha value is -0.870. The van der Waals surface area contributed by atoms with E-state index in [1.165, 1.54) is 11.3 Å². The van der Waals surface area contributed by atoms with Crippen LogP contribution in [0, 0.1) is 0 Å². The van der Waals surface area contributed by atoms with E-state index in [1.54, 1.807) is 0 Å². The average molecular weight is 504 g/mol. The number of aryl methyl sites for hydroxylation is 1. The predicted octanol–water partition coefficient (Wildman–Crippen LogP) is 2.22. The monoisotopic (exact) mass is 504 g/mol. The molecule has 1 atom stereocenters. The zero-order valence-corrected chi connectivity index (χ0v) is 20.3. The van der Waals surface area contributed by atoms with Crippen molar-refractivity contribution in [3.8, 4) is 0 Å². The molecule has 1 fully saturated rings. The molecule has 28 heavy (non-hydrogen) atoms. The van der Waals surface area contributed by atoms with Crippen LogP contribution in [0.3, 0.4) is 0 Å². The molecule has 0 saturated carbocycles. The molecule has 0 amide bonds. The van der Waals surface area contributed by atoms with Gasteiger partial charge in [0.25, 0.3) is 0 Å². The molecule has 1 saturated heterocycles. The zero-order chi connectivity index (χ0) is 19.4. The fourth-order valence-electron chi connectivity index (χ4n) is 4.07. The summed E-state index contributed by atoms with van der Waals surface area (Å²) in [6.07, 6.45) is 7.46. The van der Waals surface area contributed by atoms with Gasteiger partial charge in [-0.2, -0.15) is 5.10 Å². The van der Waals surface area contributed by atoms with E-state index >= 15 is 0 Å². The summed E-state index contributed by atoms with van der Waals surface area (Å²) in [5, 5.41) is 12.0. The lowest BCUT2D eigenvalue weighted by molar-refractivity contribution is -0.00503. The fourth-order valence-corrected chi connectivity index (χ4v) is 4.07. The summed E-state index contributed by atoms with van der Waals surface area (Å²) in [7, 11) is 6.18. The lowest BCUT2D eigenvalue weighted by Crippen LogP contribution is -2.58. The highest BCUT2D eigenvalue weighted by Crippen LogP contribution is 2.25. The third kappa shape index (κ3) is 5.38. The van der Waals surface area contributed by atoms with Gasteiger partial charge in [0.05, 0.1) is 5.69 Å². The number of aliphatic imine (C=N–C) groups is 1. The predicted molar refractivity (Wildman–Crippen MR) is 125 cm³/mol. The van der Waals surface area contributed by atoms with Crippen LogP contribution in [0.15, 0.2) is 11.2 Å². The minimum Gasteiger partial charge on any atom is -0.381 e. The molecule has 1 aliphatic heterocycles. The van der Waals surface area contributed by atoms with Gasteiger partial charge in [-0.25, -0.2) is 0 Å². The molecule has 0 radical (unpaired) electrons. The highest BCUT2D eigenvalue weighted by molar-refractivity contribution is 14.0. The van der Waals surface area contributed by atoms with Gasteiger partial charge in [-0.1, -0.05) is 0 Å². The van der Waals surface area contributed by atoms with Crippen LogP contribution in [0.2, 0.25) is 0 Å². The number of halogens is 1. The Kier molecular flexibility index (Phi) is 8.57. The maximum atomic E-state index is 5.57. The van der Waals surface area contributed by atoms with Gasteiger partial charge < -0.3 is 20.3 Å². The third-order valence-electron chi connectivity index (χ3n) is 6.15. The maximum Gasteiger partial charge on any atom is 0.191 e. The summed E-state index contributed by atoms with van der Waals surface area (Å²) in [5.74, 6) is 0.888. The van der Waals surface area contributed by atoms with Crippen LogP contribution < -0.4 is 10.6 Å². The van der Waals surface area contributed by atoms with Crippen LogP contribution in [-0.4, -0.2) is 73.1 Å². The molecule has 0 spiro atoms. The van der Waals surface area contributed by atoms with Crippen LogP contribution in [0.1, 0.15) is 50.4 Å². The number of aromatic nitrogens is 2. The Labute approximate surface area is 186 Å². The zero-order valence-electron chi connectivity index (χ0n) is 18.0. The molecule has 2 N–H and O–H groups in total. The number of likely N-dealkylation sites (N-methyl/N-ethyl adjacent to an activating group) is 1. The molecule has 1 aromatic heterocycles. The molecule has 0 bridgehead atoms. The molecule has 2 aliphatic rings. The van der Waals surface area contributed by atoms with E-state index in [9.17, 15) is 0 Å². The topological polar surface area (TPSA) is 66.7 Å². The number of nitrogens with one attached hydrogen (secondary N) is 2. The molecular weight excluding hydrogens is 467 g/mol. The second-order valence-corrected chi connectivity index (χ2v) is 8.42. The van der Waals surface area contributed by atoms with Gasteiger partial charge in [-0.05, 0) is 59.2 Å². The first-order valence-corrected chi connectivity index (χ1v) is 10.2. The lowest BCUT2D eigenvalue weighted by Gasteiger charge is -2.43. The number of hydrogen-bond donors (Lipinski definition) is 2. The van der Waals surface area contributed by atoms with Gasteiger partial charge in [0, 0.05) is 57.0 Å². The Balaban J connectivity index is 0.00000280. The molecule has 2 heterocycles. The average Bonchev–Trinajstić information content (AvgIpc) is 3.09. The van der Waals surface area contributed by atoms with Crippen LogP contribution in [-0.2, 0) is 17.6 Å². The summed E-state index contributed by atoms with van der Waals surface area (Å²) >= 11 is 0. The van der Waals surface area contributed by atoms with Crippen molar-refractivity contribution >= 4 is 29.9 Å². The number of ether oxygens (including phenoxy) is 1. The number of guanidine groups is 1. The normalized spacial score (nSPS) is 22.0. The van der Waals surface area contributed by atoms with Gasteiger partial charge in [-0.3, -0.25) is 9.67 Å². The number of fused-ring (bicyclic) bond motifs is 1. The summed E-state index contributed by atoms with van der Waals surface area (Å²) in [6.45, 7) is 6.89. The number of rotatable bonds is 5. The van der Waals surface area contributed by atoms with Crippen LogP contribution >= 0.6 is 24.0 Å². The smallest absolute Gasteiger partial charge is 0.191 e. The summed E-state index contributed by atoms with van der Waals surface area (Å²) in [5.41, 5.74) is 2.77. The lowest BCUT2D eigenvalue weighted by atomic mass is 9.88. The summed E-state index contributed by atoms with van der Waals surface area (Å²) < 4.78 is 7.66. The summed E-state index contributed by atoms with van der Waals surface area (Å²) in [6, 6.07) is 0.794. The van der Waals surface area contributed by atoms with Crippen molar-refractivity contribution < 1.29 is 4.74 Å². The fraction of sp³-hybridized carbons (Fsp3) is 0.800. The van der Waals surface area contributed by atoms with Gasteiger partial charge in [0.15, 0.2) is 5.96 Å². The van der Waals surface area contributed by atoms with E-state index < -0.39 is 0 Å². The Morgan fingerprint density at radius 3 is 2.71 bits per heavy atom. The maximum absolute atomic E-state index is 5.57. The SMILES string of the molecule is CN=C(NCC1(N(C)C)CCOCC1)NC1CCc2cn(C(C)C)nc2C1.I. The van der Waals surface area contributed by atoms with Gasteiger partial charge >= 0.3 is 0 Å². The Morgan fingerprint density at radius 1 is 1.39 bits per heavy atom. The molecule has 7 nitrogen and oxygen atoms in total. The Morgan fingerprint density at radius 2 is 2.11 bits per heavy atom. The molecule has 1 aliphatic carbocycles. The first kappa shape index (κ1) is 23.4. The van der Waals surface area contributed by atoms with Crippen molar-refractivity contribution in [3.63, 3.8) is 0 Å². The molecule has 160 valence electrons. The summed E-state index contributed by atoms with van der Waals surface area (Å²) in [4.78, 5) is 6.80. The van der Waals surface area contributed by atoms with Gasteiger partial charge in [0.1, 0.15) is 0 Å². The van der Waals surface area contributed by atoms with E-state index in [0.29, 0.717) is 12.1 Å². The Bertz CT molecular complexity index is 651. The largest absolute Gasteiger partial charge is 0.381 e. The quantitative estimate of drug-likeness (QED) is 0.366. The van der Waals surface area contributed by atoms with E-state index in [-0.39, 0.29) is 29.5 Å². The van der Waals surface area contributed by atoms with E-state index in [2.05, 4.69) is 59.3 Å². The highest BCUT2D eigenvalue weighted by atomic mass is 127. The van der Waals surface area contributed by atoms with Crippen LogP contribution in [0.25, 0.3) is 0 Å². The standard InChI is InChI=1S/C20H36N6O.HI/c1-15(2)26-13-16-6-7-17(12-18(16)24-26)23-19(21-3)22-14-20(25(4)5)8-10-27-11-9-20;/h13,15,17H,6-12,14H2,1-5H3,(H2,21,22,23);1H. The van der Waals surface area contributed by atoms with E-state index in [1.807, 2.05) is 7.05 Å². The minimum absolute atomic E-state index is 0. The van der Waals surface area contributed by atoms with Gasteiger partial charge in [0.2, 0.25) is 0 Å². The van der Waals surface area contributed by atoms with Crippen molar-refractivity contribution in [3.05, 3.63) is 17.5 Å². The minimum atomic E-state index is 0. The molecular formula is C20H37IN6O. The second-order valence-electron chi connectivity index (χ2n) is 8.42. The van der Waals surface area contributed by atoms with Crippen molar-refractivity contribution in [1.29, 1.82) is 0 Å². The van der Waals surface area contributed by atoms with E-state index in [4.69, 9.17) is 9.84 Å². The first-order chi connectivity index (χ1) is 12.9. The molecule has 0 aromatic carbocycles. The van der Waals surface area contributed by atoms with Crippen molar-refractivity contribution in [1.82, 2.24) is 25.3 Å². The highest BCUT2D eigenvalue weighted by Gasteiger charge is 2.35. The first-order valence-electron chi connectivity index (χ1n) is 10.2. The molecule has 8 heteroatoms. The van der Waals surface area contributed by atoms with E-state index in [0.717, 1.165) is 57.8 Å². The van der Waals surface area contributed by atoms with Crippen LogP contribution in [0.4, 0.5) is 0 Å². The molecule has 3 rings (SSSR count). The van der Waals surface area contributed by atoms with Crippen molar-refractivity contribution in [2.75, 3.05) is 40.9 Å².